The number of benzene rings is 1. The molecule has 0 aliphatic carbocycles. The van der Waals surface area contributed by atoms with Gasteiger partial charge in [0.15, 0.2) is 11.5 Å². The number of hydrogen-bond acceptors (Lipinski definition) is 6. The number of methoxy groups -OCH3 is 1. The van der Waals surface area contributed by atoms with Crippen LogP contribution in [0.2, 0.25) is 5.02 Å². The van der Waals surface area contributed by atoms with Crippen molar-refractivity contribution in [2.24, 2.45) is 17.6 Å². The summed E-state index contributed by atoms with van der Waals surface area (Å²) in [6, 6.07) is 6.73. The molecule has 1 aliphatic rings. The summed E-state index contributed by atoms with van der Waals surface area (Å²) in [4.78, 5) is 30.7. The van der Waals surface area contributed by atoms with E-state index in [2.05, 4.69) is 10.3 Å². The highest BCUT2D eigenvalue weighted by atomic mass is 35.5. The SMILES string of the molecule is COc1cc(C(=O)Nc2ccc(N3CCCC(C(N)=O)C3)nc2)cc(Cl)c1OCC(C)C. The Balaban J connectivity index is 1.69. The third kappa shape index (κ3) is 5.82. The van der Waals surface area contributed by atoms with E-state index < -0.39 is 0 Å². The van der Waals surface area contributed by atoms with E-state index in [-0.39, 0.29) is 17.7 Å². The van der Waals surface area contributed by atoms with Gasteiger partial charge in [0.1, 0.15) is 5.82 Å². The van der Waals surface area contributed by atoms with Crippen molar-refractivity contribution < 1.29 is 19.1 Å². The molecule has 1 aromatic carbocycles. The summed E-state index contributed by atoms with van der Waals surface area (Å²) in [5.41, 5.74) is 6.33. The molecule has 0 radical (unpaired) electrons. The average molecular weight is 461 g/mol. The fourth-order valence-corrected chi connectivity index (χ4v) is 3.77. The second kappa shape index (κ2) is 10.5. The molecule has 9 heteroatoms. The van der Waals surface area contributed by atoms with Gasteiger partial charge >= 0.3 is 0 Å². The van der Waals surface area contributed by atoms with Crippen molar-refractivity contribution in [3.8, 4) is 11.5 Å². The van der Waals surface area contributed by atoms with Crippen LogP contribution < -0.4 is 25.4 Å². The van der Waals surface area contributed by atoms with Gasteiger partial charge in [-0.2, -0.15) is 0 Å². The summed E-state index contributed by atoms with van der Waals surface area (Å²) in [5.74, 6) is 1.07. The molecular formula is C23H29ClN4O4. The summed E-state index contributed by atoms with van der Waals surface area (Å²) < 4.78 is 11.1. The minimum atomic E-state index is -0.345. The molecule has 32 heavy (non-hydrogen) atoms. The molecule has 3 rings (SSSR count). The number of nitrogens with zero attached hydrogens (tertiary/aromatic N) is 2. The van der Waals surface area contributed by atoms with Crippen molar-refractivity contribution in [3.05, 3.63) is 41.0 Å². The second-order valence-electron chi connectivity index (χ2n) is 8.24. The van der Waals surface area contributed by atoms with Crippen LogP contribution >= 0.6 is 11.6 Å². The van der Waals surface area contributed by atoms with Crippen LogP contribution in [0.25, 0.3) is 0 Å². The molecule has 3 N–H and O–H groups in total. The van der Waals surface area contributed by atoms with Crippen LogP contribution in [0.4, 0.5) is 11.5 Å². The van der Waals surface area contributed by atoms with E-state index in [9.17, 15) is 9.59 Å². The van der Waals surface area contributed by atoms with Gasteiger partial charge in [0.05, 0.1) is 36.5 Å². The Morgan fingerprint density at radius 3 is 2.75 bits per heavy atom. The zero-order valence-corrected chi connectivity index (χ0v) is 19.3. The Bertz CT molecular complexity index is 965. The minimum Gasteiger partial charge on any atom is -0.493 e. The van der Waals surface area contributed by atoms with Gasteiger partial charge in [0.25, 0.3) is 5.91 Å². The van der Waals surface area contributed by atoms with E-state index in [4.69, 9.17) is 26.8 Å². The van der Waals surface area contributed by atoms with Gasteiger partial charge in [-0.3, -0.25) is 9.59 Å². The van der Waals surface area contributed by atoms with Crippen molar-refractivity contribution >= 4 is 34.9 Å². The zero-order valence-electron chi connectivity index (χ0n) is 18.6. The number of amides is 2. The van der Waals surface area contributed by atoms with Crippen LogP contribution in [0.3, 0.4) is 0 Å². The molecule has 172 valence electrons. The van der Waals surface area contributed by atoms with Gasteiger partial charge < -0.3 is 25.4 Å². The second-order valence-corrected chi connectivity index (χ2v) is 8.65. The van der Waals surface area contributed by atoms with Crippen LogP contribution in [0, 0.1) is 11.8 Å². The Hall–Kier alpha value is -3.00. The van der Waals surface area contributed by atoms with Gasteiger partial charge in [-0.05, 0) is 43.0 Å². The number of primary amides is 1. The molecule has 1 unspecified atom stereocenters. The molecule has 1 aliphatic heterocycles. The number of hydrogen-bond donors (Lipinski definition) is 2. The average Bonchev–Trinajstić information content (AvgIpc) is 2.78. The van der Waals surface area contributed by atoms with E-state index in [0.717, 1.165) is 25.2 Å². The van der Waals surface area contributed by atoms with Gasteiger partial charge in [-0.15, -0.1) is 0 Å². The summed E-state index contributed by atoms with van der Waals surface area (Å²) in [6.07, 6.45) is 3.26. The first-order chi connectivity index (χ1) is 15.3. The van der Waals surface area contributed by atoms with Gasteiger partial charge in [-0.25, -0.2) is 4.98 Å². The Morgan fingerprint density at radius 1 is 1.34 bits per heavy atom. The van der Waals surface area contributed by atoms with Gasteiger partial charge in [0, 0.05) is 18.7 Å². The number of nitrogens with two attached hydrogens (primary N) is 1. The van der Waals surface area contributed by atoms with Crippen LogP contribution in [-0.4, -0.2) is 43.6 Å². The van der Waals surface area contributed by atoms with Crippen molar-refractivity contribution in [3.63, 3.8) is 0 Å². The fraction of sp³-hybridized carbons (Fsp3) is 0.435. The summed E-state index contributed by atoms with van der Waals surface area (Å²) in [7, 11) is 1.50. The summed E-state index contributed by atoms with van der Waals surface area (Å²) >= 11 is 6.35. The lowest BCUT2D eigenvalue weighted by Gasteiger charge is -2.32. The predicted octanol–water partition coefficient (Wildman–Crippen LogP) is 3.73. The fourth-order valence-electron chi connectivity index (χ4n) is 3.51. The van der Waals surface area contributed by atoms with Gasteiger partial charge in [-0.1, -0.05) is 25.4 Å². The lowest BCUT2D eigenvalue weighted by Crippen LogP contribution is -2.41. The normalized spacial score (nSPS) is 16.0. The van der Waals surface area contributed by atoms with Crippen LogP contribution in [0.15, 0.2) is 30.5 Å². The molecule has 1 atom stereocenters. The third-order valence-corrected chi connectivity index (χ3v) is 5.49. The molecule has 0 saturated carbocycles. The monoisotopic (exact) mass is 460 g/mol. The maximum Gasteiger partial charge on any atom is 0.255 e. The summed E-state index contributed by atoms with van der Waals surface area (Å²) in [5, 5.41) is 3.12. The van der Waals surface area contributed by atoms with E-state index in [0.29, 0.717) is 46.8 Å². The number of aromatic nitrogens is 1. The highest BCUT2D eigenvalue weighted by Gasteiger charge is 2.24. The number of halogens is 1. The smallest absolute Gasteiger partial charge is 0.255 e. The van der Waals surface area contributed by atoms with E-state index in [1.807, 2.05) is 24.8 Å². The lowest BCUT2D eigenvalue weighted by molar-refractivity contribution is -0.122. The molecule has 1 fully saturated rings. The molecule has 2 amide bonds. The minimum absolute atomic E-state index is 0.169. The number of carbonyl (C=O) groups is 2. The highest BCUT2D eigenvalue weighted by Crippen LogP contribution is 2.37. The number of rotatable bonds is 8. The number of nitrogens with one attached hydrogen (secondary N) is 1. The lowest BCUT2D eigenvalue weighted by atomic mass is 9.97. The molecule has 8 nitrogen and oxygen atoms in total. The van der Waals surface area contributed by atoms with Crippen LogP contribution in [-0.2, 0) is 4.79 Å². The number of piperidine rings is 1. The van der Waals surface area contributed by atoms with Crippen molar-refractivity contribution in [2.75, 3.05) is 37.0 Å². The maximum atomic E-state index is 12.8. The summed E-state index contributed by atoms with van der Waals surface area (Å²) in [6.45, 7) is 5.91. The molecule has 1 saturated heterocycles. The quantitative estimate of drug-likeness (QED) is 0.621. The topological polar surface area (TPSA) is 107 Å². The van der Waals surface area contributed by atoms with E-state index >= 15 is 0 Å². The van der Waals surface area contributed by atoms with Crippen molar-refractivity contribution in [1.82, 2.24) is 4.98 Å². The number of anilines is 2. The molecule has 0 spiro atoms. The zero-order chi connectivity index (χ0) is 23.3. The number of pyridine rings is 1. The highest BCUT2D eigenvalue weighted by molar-refractivity contribution is 6.32. The standard InChI is InChI=1S/C23H29ClN4O4/c1-14(2)13-32-21-18(24)9-16(10-19(21)31-3)23(30)27-17-6-7-20(26-11-17)28-8-4-5-15(12-28)22(25)29/h6-7,9-11,14-15H,4-5,8,12-13H2,1-3H3,(H2,25,29)(H,27,30). The third-order valence-electron chi connectivity index (χ3n) is 5.21. The molecule has 1 aromatic heterocycles. The first-order valence-electron chi connectivity index (χ1n) is 10.6. The van der Waals surface area contributed by atoms with E-state index in [1.165, 1.54) is 7.11 Å². The van der Waals surface area contributed by atoms with Crippen molar-refractivity contribution in [1.29, 1.82) is 0 Å². The molecule has 2 heterocycles. The maximum absolute atomic E-state index is 12.8. The largest absolute Gasteiger partial charge is 0.493 e. The van der Waals surface area contributed by atoms with E-state index in [1.54, 1.807) is 24.4 Å². The molecule has 2 aromatic rings. The first-order valence-corrected chi connectivity index (χ1v) is 11.0. The van der Waals surface area contributed by atoms with Gasteiger partial charge in [0.2, 0.25) is 5.91 Å². The van der Waals surface area contributed by atoms with Crippen LogP contribution in [0.5, 0.6) is 11.5 Å². The Kier molecular flexibility index (Phi) is 7.80. The molecular weight excluding hydrogens is 432 g/mol. The number of ether oxygens (including phenoxy) is 2. The Labute approximate surface area is 193 Å². The Morgan fingerprint density at radius 2 is 2.12 bits per heavy atom. The first kappa shape index (κ1) is 23.7. The molecule has 0 bridgehead atoms. The predicted molar refractivity (Wildman–Crippen MR) is 125 cm³/mol. The van der Waals surface area contributed by atoms with Crippen LogP contribution in [0.1, 0.15) is 37.0 Å². The number of carbonyl (C=O) groups excluding carboxylic acids is 2. The van der Waals surface area contributed by atoms with Crippen molar-refractivity contribution in [2.45, 2.75) is 26.7 Å².